The van der Waals surface area contributed by atoms with Gasteiger partial charge in [0, 0.05) is 5.56 Å². The monoisotopic (exact) mass is 149 g/mol. The minimum absolute atomic E-state index is 0.0597. The number of carbonyl (C=O) groups excluding carboxylic acids is 1. The first-order chi connectivity index (χ1) is 5.24. The molecule has 1 aromatic carbocycles. The molecular formula is C8H7NO2. The molecule has 11 heavy (non-hydrogen) atoms. The summed E-state index contributed by atoms with van der Waals surface area (Å²) < 4.78 is 0. The largest absolute Gasteiger partial charge is 0.295 e. The highest BCUT2D eigenvalue weighted by molar-refractivity contribution is 5.94. The van der Waals surface area contributed by atoms with Crippen molar-refractivity contribution < 1.29 is 4.79 Å². The first kappa shape index (κ1) is 7.60. The van der Waals surface area contributed by atoms with Gasteiger partial charge in [-0.1, -0.05) is 12.1 Å². The van der Waals surface area contributed by atoms with E-state index in [0.29, 0.717) is 5.56 Å². The number of hydrogen-bond donors (Lipinski definition) is 0. The van der Waals surface area contributed by atoms with Crippen LogP contribution in [0.4, 0.5) is 5.69 Å². The molecule has 0 spiro atoms. The molecule has 0 radical (unpaired) electrons. The van der Waals surface area contributed by atoms with Gasteiger partial charge in [0.15, 0.2) is 5.78 Å². The van der Waals surface area contributed by atoms with Crippen LogP contribution in [0.3, 0.4) is 0 Å². The fourth-order valence-electron chi connectivity index (χ4n) is 0.782. The van der Waals surface area contributed by atoms with Gasteiger partial charge in [0.05, 0.1) is 0 Å². The molecule has 1 rings (SSSR count). The van der Waals surface area contributed by atoms with E-state index in [9.17, 15) is 9.70 Å². The van der Waals surface area contributed by atoms with Gasteiger partial charge >= 0.3 is 0 Å². The van der Waals surface area contributed by atoms with Crippen molar-refractivity contribution in [1.82, 2.24) is 0 Å². The van der Waals surface area contributed by atoms with Crippen molar-refractivity contribution in [2.24, 2.45) is 5.18 Å². The second-order valence-electron chi connectivity index (χ2n) is 2.20. The Kier molecular flexibility index (Phi) is 2.11. The van der Waals surface area contributed by atoms with Crippen molar-refractivity contribution in [3.63, 3.8) is 0 Å². The third-order valence-corrected chi connectivity index (χ3v) is 1.36. The van der Waals surface area contributed by atoms with Gasteiger partial charge in [0.25, 0.3) is 0 Å². The molecule has 0 aliphatic heterocycles. The Balaban J connectivity index is 3.10. The molecule has 0 amide bonds. The highest BCUT2D eigenvalue weighted by atomic mass is 16.3. The van der Waals surface area contributed by atoms with E-state index in [1.54, 1.807) is 18.2 Å². The van der Waals surface area contributed by atoms with Crippen molar-refractivity contribution in [2.75, 3.05) is 0 Å². The lowest BCUT2D eigenvalue weighted by Crippen LogP contribution is -1.89. The summed E-state index contributed by atoms with van der Waals surface area (Å²) in [6.45, 7) is 1.45. The molecule has 1 aromatic rings. The minimum atomic E-state index is -0.0597. The number of benzene rings is 1. The molecule has 3 nitrogen and oxygen atoms in total. The third-order valence-electron chi connectivity index (χ3n) is 1.36. The van der Waals surface area contributed by atoms with Gasteiger partial charge < -0.3 is 0 Å². The maximum absolute atomic E-state index is 10.8. The van der Waals surface area contributed by atoms with E-state index in [2.05, 4.69) is 5.18 Å². The molecule has 0 unspecified atom stereocenters. The Bertz CT molecular complexity index is 294. The Morgan fingerprint density at radius 2 is 2.18 bits per heavy atom. The molecule has 0 aliphatic rings. The summed E-state index contributed by atoms with van der Waals surface area (Å²) in [5.74, 6) is -0.0597. The van der Waals surface area contributed by atoms with Gasteiger partial charge in [-0.25, -0.2) is 0 Å². The summed E-state index contributed by atoms with van der Waals surface area (Å²) in [4.78, 5) is 20.8. The maximum atomic E-state index is 10.8. The van der Waals surface area contributed by atoms with Gasteiger partial charge in [-0.05, 0) is 24.2 Å². The van der Waals surface area contributed by atoms with Crippen molar-refractivity contribution >= 4 is 11.5 Å². The molecule has 56 valence electrons. The zero-order valence-electron chi connectivity index (χ0n) is 6.07. The lowest BCUT2D eigenvalue weighted by molar-refractivity contribution is 0.101. The van der Waals surface area contributed by atoms with Gasteiger partial charge in [-0.2, -0.15) is 0 Å². The normalized spacial score (nSPS) is 9.18. The molecule has 0 saturated heterocycles. The Hall–Kier alpha value is -1.51. The average molecular weight is 149 g/mol. The number of carbonyl (C=O) groups is 1. The number of nitroso groups, excluding NO2 is 1. The van der Waals surface area contributed by atoms with Crippen LogP contribution in [0, 0.1) is 4.91 Å². The van der Waals surface area contributed by atoms with Crippen molar-refractivity contribution in [2.45, 2.75) is 6.92 Å². The highest BCUT2D eigenvalue weighted by Gasteiger charge is 1.98. The molecule has 0 aliphatic carbocycles. The first-order valence-electron chi connectivity index (χ1n) is 3.18. The predicted octanol–water partition coefficient (Wildman–Crippen LogP) is 2.29. The molecular weight excluding hydrogens is 142 g/mol. The number of nitrogens with zero attached hydrogens (tertiary/aromatic N) is 1. The second kappa shape index (κ2) is 3.05. The highest BCUT2D eigenvalue weighted by Crippen LogP contribution is 2.13. The molecule has 0 aromatic heterocycles. The predicted molar refractivity (Wildman–Crippen MR) is 41.9 cm³/mol. The van der Waals surface area contributed by atoms with Crippen LogP contribution in [0.15, 0.2) is 29.4 Å². The fourth-order valence-corrected chi connectivity index (χ4v) is 0.782. The zero-order chi connectivity index (χ0) is 8.27. The van der Waals surface area contributed by atoms with E-state index in [4.69, 9.17) is 0 Å². The number of hydrogen-bond acceptors (Lipinski definition) is 3. The summed E-state index contributed by atoms with van der Waals surface area (Å²) >= 11 is 0. The smallest absolute Gasteiger partial charge is 0.159 e. The van der Waals surface area contributed by atoms with Crippen molar-refractivity contribution in [3.8, 4) is 0 Å². The number of rotatable bonds is 2. The van der Waals surface area contributed by atoms with Gasteiger partial charge in [-0.15, -0.1) is 4.91 Å². The average Bonchev–Trinajstić information content (AvgIpc) is 2.05. The molecule has 0 saturated carbocycles. The zero-order valence-corrected chi connectivity index (χ0v) is 6.07. The minimum Gasteiger partial charge on any atom is -0.295 e. The topological polar surface area (TPSA) is 46.5 Å². The fraction of sp³-hybridized carbons (Fsp3) is 0.125. The molecule has 0 heterocycles. The second-order valence-corrected chi connectivity index (χ2v) is 2.20. The molecule has 0 atom stereocenters. The number of ketones is 1. The van der Waals surface area contributed by atoms with E-state index in [1.165, 1.54) is 13.0 Å². The standard InChI is InChI=1S/C8H7NO2/c1-6(10)7-3-2-4-8(5-7)9-11/h2-5H,1H3. The van der Waals surface area contributed by atoms with Crippen LogP contribution < -0.4 is 0 Å². The SMILES string of the molecule is CC(=O)c1cccc(N=O)c1. The van der Waals surface area contributed by atoms with Crippen LogP contribution in [0.5, 0.6) is 0 Å². The van der Waals surface area contributed by atoms with E-state index in [-0.39, 0.29) is 11.5 Å². The Labute approximate surface area is 64.0 Å². The quantitative estimate of drug-likeness (QED) is 0.478. The van der Waals surface area contributed by atoms with E-state index < -0.39 is 0 Å². The van der Waals surface area contributed by atoms with E-state index in [1.807, 2.05) is 0 Å². The van der Waals surface area contributed by atoms with Crippen LogP contribution in [0.1, 0.15) is 17.3 Å². The summed E-state index contributed by atoms with van der Waals surface area (Å²) in [5, 5.41) is 2.71. The molecule has 3 heteroatoms. The van der Waals surface area contributed by atoms with Crippen LogP contribution in [-0.4, -0.2) is 5.78 Å². The molecule has 0 bridgehead atoms. The van der Waals surface area contributed by atoms with Crippen molar-refractivity contribution in [1.29, 1.82) is 0 Å². The van der Waals surface area contributed by atoms with Gasteiger partial charge in [-0.3, -0.25) is 4.79 Å². The van der Waals surface area contributed by atoms with Gasteiger partial charge in [0.1, 0.15) is 5.69 Å². The van der Waals surface area contributed by atoms with Crippen LogP contribution in [0.25, 0.3) is 0 Å². The molecule has 0 fully saturated rings. The lowest BCUT2D eigenvalue weighted by Gasteiger charge is -1.93. The van der Waals surface area contributed by atoms with Crippen LogP contribution in [0.2, 0.25) is 0 Å². The van der Waals surface area contributed by atoms with E-state index >= 15 is 0 Å². The van der Waals surface area contributed by atoms with E-state index in [0.717, 1.165) is 0 Å². The van der Waals surface area contributed by atoms with Gasteiger partial charge in [0.2, 0.25) is 0 Å². The first-order valence-corrected chi connectivity index (χ1v) is 3.18. The lowest BCUT2D eigenvalue weighted by atomic mass is 10.1. The summed E-state index contributed by atoms with van der Waals surface area (Å²) in [7, 11) is 0. The maximum Gasteiger partial charge on any atom is 0.159 e. The van der Waals surface area contributed by atoms with Crippen LogP contribution >= 0.6 is 0 Å². The Morgan fingerprint density at radius 3 is 2.73 bits per heavy atom. The summed E-state index contributed by atoms with van der Waals surface area (Å²) in [6, 6.07) is 6.30. The number of Topliss-reactive ketones (excluding diaryl/α,β-unsaturated/α-hetero) is 1. The summed E-state index contributed by atoms with van der Waals surface area (Å²) in [6.07, 6.45) is 0. The third kappa shape index (κ3) is 1.70. The van der Waals surface area contributed by atoms with Crippen LogP contribution in [-0.2, 0) is 0 Å². The Morgan fingerprint density at radius 1 is 1.45 bits per heavy atom. The summed E-state index contributed by atoms with van der Waals surface area (Å²) in [5.41, 5.74) is 0.805. The van der Waals surface area contributed by atoms with Crippen molar-refractivity contribution in [3.05, 3.63) is 34.7 Å². The molecule has 0 N–H and O–H groups in total.